The number of morpholine rings is 1. The number of nitrogens with two attached hydrogens (primary N) is 1. The predicted molar refractivity (Wildman–Crippen MR) is 78.5 cm³/mol. The van der Waals surface area contributed by atoms with Crippen LogP contribution in [0.4, 0.5) is 5.82 Å². The second kappa shape index (κ2) is 5.75. The molecule has 1 aliphatic heterocycles. The van der Waals surface area contributed by atoms with Gasteiger partial charge in [-0.05, 0) is 23.8 Å². The third kappa shape index (κ3) is 2.90. The Morgan fingerprint density at radius 3 is 2.90 bits per heavy atom. The number of halogens is 1. The number of benzene rings is 1. The van der Waals surface area contributed by atoms with Crippen LogP contribution in [0.3, 0.4) is 0 Å². The van der Waals surface area contributed by atoms with Crippen LogP contribution in [0.2, 0.25) is 5.02 Å². The second-order valence-electron chi connectivity index (χ2n) is 4.68. The Labute approximate surface area is 122 Å². The zero-order valence-corrected chi connectivity index (χ0v) is 11.6. The molecule has 2 heterocycles. The zero-order chi connectivity index (χ0) is 13.9. The van der Waals surface area contributed by atoms with Crippen LogP contribution in [0.1, 0.15) is 11.6 Å². The van der Waals surface area contributed by atoms with Gasteiger partial charge in [0.2, 0.25) is 0 Å². The van der Waals surface area contributed by atoms with Crippen molar-refractivity contribution in [1.82, 2.24) is 15.3 Å². The fourth-order valence-electron chi connectivity index (χ4n) is 2.27. The fraction of sp³-hybridized carbons (Fsp3) is 0.286. The summed E-state index contributed by atoms with van der Waals surface area (Å²) in [5.41, 5.74) is 8.47. The van der Waals surface area contributed by atoms with E-state index in [9.17, 15) is 0 Å². The summed E-state index contributed by atoms with van der Waals surface area (Å²) in [5.74, 6) is 0.440. The summed E-state index contributed by atoms with van der Waals surface area (Å²) in [7, 11) is 0. The molecule has 1 aromatic heterocycles. The van der Waals surface area contributed by atoms with Crippen molar-refractivity contribution in [1.29, 1.82) is 0 Å². The molecule has 3 N–H and O–H groups in total. The average Bonchev–Trinajstić information content (AvgIpc) is 2.47. The van der Waals surface area contributed by atoms with E-state index in [4.69, 9.17) is 22.1 Å². The minimum absolute atomic E-state index is 0.153. The molecule has 1 aromatic carbocycles. The van der Waals surface area contributed by atoms with Crippen LogP contribution in [0.25, 0.3) is 11.3 Å². The molecule has 0 bridgehead atoms. The Morgan fingerprint density at radius 1 is 1.25 bits per heavy atom. The van der Waals surface area contributed by atoms with Crippen LogP contribution in [0, 0.1) is 0 Å². The Bertz CT molecular complexity index is 614. The number of nitrogens with zero attached hydrogens (tertiary/aromatic N) is 2. The predicted octanol–water partition coefficient (Wildman–Crippen LogP) is 2.04. The third-order valence-corrected chi connectivity index (χ3v) is 3.45. The first-order chi connectivity index (χ1) is 9.72. The lowest BCUT2D eigenvalue weighted by Gasteiger charge is -2.24. The minimum Gasteiger partial charge on any atom is -0.384 e. The summed E-state index contributed by atoms with van der Waals surface area (Å²) >= 11 is 6.22. The van der Waals surface area contributed by atoms with Gasteiger partial charge in [-0.15, -0.1) is 0 Å². The normalized spacial score (nSPS) is 18.9. The molecule has 0 aliphatic carbocycles. The monoisotopic (exact) mass is 290 g/mol. The van der Waals surface area contributed by atoms with E-state index in [-0.39, 0.29) is 6.04 Å². The van der Waals surface area contributed by atoms with Gasteiger partial charge in [0.1, 0.15) is 12.1 Å². The number of nitrogen functional groups attached to an aromatic ring is 1. The van der Waals surface area contributed by atoms with Crippen LogP contribution < -0.4 is 11.1 Å². The molecule has 20 heavy (non-hydrogen) atoms. The molecular weight excluding hydrogens is 276 g/mol. The zero-order valence-electron chi connectivity index (χ0n) is 10.8. The van der Waals surface area contributed by atoms with E-state index >= 15 is 0 Å². The van der Waals surface area contributed by atoms with Gasteiger partial charge in [0.25, 0.3) is 0 Å². The van der Waals surface area contributed by atoms with Gasteiger partial charge in [-0.1, -0.05) is 11.6 Å². The largest absolute Gasteiger partial charge is 0.384 e. The molecule has 0 saturated carbocycles. The summed E-state index contributed by atoms with van der Waals surface area (Å²) in [4.78, 5) is 8.14. The summed E-state index contributed by atoms with van der Waals surface area (Å²) in [6.07, 6.45) is 1.45. The summed E-state index contributed by atoms with van der Waals surface area (Å²) in [6.45, 7) is 2.23. The molecule has 0 spiro atoms. The highest BCUT2D eigenvalue weighted by Gasteiger charge is 2.16. The van der Waals surface area contributed by atoms with Crippen molar-refractivity contribution >= 4 is 17.4 Å². The molecule has 1 atom stereocenters. The van der Waals surface area contributed by atoms with Gasteiger partial charge >= 0.3 is 0 Å². The molecule has 6 heteroatoms. The molecule has 1 saturated heterocycles. The molecule has 1 aliphatic rings. The highest BCUT2D eigenvalue weighted by Crippen LogP contribution is 2.27. The number of rotatable bonds is 2. The van der Waals surface area contributed by atoms with E-state index in [1.165, 1.54) is 6.33 Å². The molecule has 2 aromatic rings. The van der Waals surface area contributed by atoms with Gasteiger partial charge < -0.3 is 15.8 Å². The van der Waals surface area contributed by atoms with E-state index in [2.05, 4.69) is 21.4 Å². The van der Waals surface area contributed by atoms with Gasteiger partial charge in [0.15, 0.2) is 0 Å². The van der Waals surface area contributed by atoms with Crippen molar-refractivity contribution in [3.05, 3.63) is 41.2 Å². The Hall–Kier alpha value is -1.69. The van der Waals surface area contributed by atoms with Crippen LogP contribution in [-0.2, 0) is 4.74 Å². The number of hydrogen-bond acceptors (Lipinski definition) is 5. The Morgan fingerprint density at radius 2 is 2.15 bits per heavy atom. The number of hydrogen-bond donors (Lipinski definition) is 2. The highest BCUT2D eigenvalue weighted by molar-refractivity contribution is 6.31. The molecule has 3 rings (SSSR count). The first kappa shape index (κ1) is 13.3. The molecule has 0 amide bonds. The first-order valence-corrected chi connectivity index (χ1v) is 6.80. The van der Waals surface area contributed by atoms with Crippen molar-refractivity contribution < 1.29 is 4.74 Å². The van der Waals surface area contributed by atoms with Crippen molar-refractivity contribution in [2.75, 3.05) is 25.5 Å². The molecule has 1 fully saturated rings. The van der Waals surface area contributed by atoms with Gasteiger partial charge in [-0.2, -0.15) is 0 Å². The standard InChI is InChI=1S/C14H15ClN4O/c15-11-4-9(12-6-14(16)19-8-18-12)3-10(5-11)13-7-20-2-1-17-13/h3-6,8,13,17H,1-2,7H2,(H2,16,18,19). The van der Waals surface area contributed by atoms with E-state index in [1.54, 1.807) is 6.07 Å². The van der Waals surface area contributed by atoms with E-state index in [0.29, 0.717) is 17.4 Å². The van der Waals surface area contributed by atoms with Gasteiger partial charge in [0.05, 0.1) is 24.9 Å². The summed E-state index contributed by atoms with van der Waals surface area (Å²) in [6, 6.07) is 7.76. The number of aromatic nitrogens is 2. The van der Waals surface area contributed by atoms with Crippen molar-refractivity contribution in [3.63, 3.8) is 0 Å². The van der Waals surface area contributed by atoms with Crippen LogP contribution in [0.5, 0.6) is 0 Å². The van der Waals surface area contributed by atoms with Crippen LogP contribution in [-0.4, -0.2) is 29.7 Å². The quantitative estimate of drug-likeness (QED) is 0.885. The van der Waals surface area contributed by atoms with Gasteiger partial charge in [-0.3, -0.25) is 0 Å². The molecule has 0 radical (unpaired) electrons. The van der Waals surface area contributed by atoms with Crippen LogP contribution in [0.15, 0.2) is 30.6 Å². The van der Waals surface area contributed by atoms with Crippen molar-refractivity contribution in [2.24, 2.45) is 0 Å². The molecule has 104 valence electrons. The number of nitrogens with one attached hydrogen (secondary N) is 1. The molecular formula is C14H15ClN4O. The lowest BCUT2D eigenvalue weighted by Crippen LogP contribution is -2.34. The van der Waals surface area contributed by atoms with Gasteiger partial charge in [0, 0.05) is 23.2 Å². The van der Waals surface area contributed by atoms with E-state index in [1.807, 2.05) is 12.1 Å². The first-order valence-electron chi connectivity index (χ1n) is 6.42. The number of anilines is 1. The van der Waals surface area contributed by atoms with E-state index < -0.39 is 0 Å². The summed E-state index contributed by atoms with van der Waals surface area (Å²) < 4.78 is 5.49. The lowest BCUT2D eigenvalue weighted by atomic mass is 10.0. The average molecular weight is 291 g/mol. The third-order valence-electron chi connectivity index (χ3n) is 3.23. The second-order valence-corrected chi connectivity index (χ2v) is 5.12. The van der Waals surface area contributed by atoms with Crippen molar-refractivity contribution in [2.45, 2.75) is 6.04 Å². The van der Waals surface area contributed by atoms with Crippen molar-refractivity contribution in [3.8, 4) is 11.3 Å². The number of ether oxygens (including phenoxy) is 1. The Balaban J connectivity index is 1.97. The maximum atomic E-state index is 6.22. The molecule has 5 nitrogen and oxygen atoms in total. The highest BCUT2D eigenvalue weighted by atomic mass is 35.5. The van der Waals surface area contributed by atoms with Gasteiger partial charge in [-0.25, -0.2) is 9.97 Å². The minimum atomic E-state index is 0.153. The maximum absolute atomic E-state index is 6.22. The lowest BCUT2D eigenvalue weighted by molar-refractivity contribution is 0.0769. The smallest absolute Gasteiger partial charge is 0.127 e. The van der Waals surface area contributed by atoms with E-state index in [0.717, 1.165) is 30.0 Å². The SMILES string of the molecule is Nc1cc(-c2cc(Cl)cc(C3COCCN3)c2)ncn1. The van der Waals surface area contributed by atoms with Crippen LogP contribution >= 0.6 is 11.6 Å². The summed E-state index contributed by atoms with van der Waals surface area (Å²) in [5, 5.41) is 4.08. The topological polar surface area (TPSA) is 73.1 Å². The fourth-order valence-corrected chi connectivity index (χ4v) is 2.51. The maximum Gasteiger partial charge on any atom is 0.127 e. The molecule has 1 unspecified atom stereocenters. The Kier molecular flexibility index (Phi) is 3.82.